The summed E-state index contributed by atoms with van der Waals surface area (Å²) in [4.78, 5) is 23.3. The summed E-state index contributed by atoms with van der Waals surface area (Å²) >= 11 is 4.85. The van der Waals surface area contributed by atoms with E-state index in [4.69, 9.17) is 10.2 Å². The Morgan fingerprint density at radius 1 is 1.61 bits per heavy atom. The van der Waals surface area contributed by atoms with E-state index in [0.717, 1.165) is 9.35 Å². The summed E-state index contributed by atoms with van der Waals surface area (Å²) in [6.45, 7) is 0.100. The van der Waals surface area contributed by atoms with Crippen LogP contribution in [0.25, 0.3) is 0 Å². The summed E-state index contributed by atoms with van der Waals surface area (Å²) in [6, 6.07) is 1.47. The van der Waals surface area contributed by atoms with Crippen LogP contribution in [0.15, 0.2) is 15.2 Å². The van der Waals surface area contributed by atoms with E-state index in [1.54, 1.807) is 7.05 Å². The van der Waals surface area contributed by atoms with E-state index in [2.05, 4.69) is 21.2 Å². The quantitative estimate of drug-likeness (QED) is 0.751. The predicted molar refractivity (Wildman–Crippen MR) is 70.5 cm³/mol. The topological polar surface area (TPSA) is 89.9 Å². The smallest absolute Gasteiger partial charge is 0.334 e. The van der Waals surface area contributed by atoms with Crippen molar-refractivity contribution < 1.29 is 19.8 Å². The number of hydrogen-bond donors (Lipinski definition) is 3. The maximum atomic E-state index is 11.6. The first-order valence-electron chi connectivity index (χ1n) is 5.03. The Morgan fingerprint density at radius 3 is 2.78 bits per heavy atom. The number of aliphatic hydroxyl groups is 1. The van der Waals surface area contributed by atoms with Gasteiger partial charge in [0.15, 0.2) is 6.10 Å². The van der Waals surface area contributed by atoms with Gasteiger partial charge in [-0.2, -0.15) is 0 Å². The fourth-order valence-electron chi connectivity index (χ4n) is 1.18. The molecule has 0 radical (unpaired) electrons. The van der Waals surface area contributed by atoms with Crippen LogP contribution in [-0.4, -0.2) is 46.8 Å². The number of aliphatic hydroxyl groups excluding tert-OH is 1. The number of amides is 2. The summed E-state index contributed by atoms with van der Waals surface area (Å²) in [6.07, 6.45) is -1.59. The van der Waals surface area contributed by atoms with Gasteiger partial charge in [-0.25, -0.2) is 9.59 Å². The number of carbonyl (C=O) groups excluding carboxylic acids is 1. The van der Waals surface area contributed by atoms with Crippen LogP contribution in [0.1, 0.15) is 5.56 Å². The minimum Gasteiger partial charge on any atom is -0.479 e. The first-order valence-corrected chi connectivity index (χ1v) is 6.70. The number of hydrogen-bond acceptors (Lipinski definition) is 4. The van der Waals surface area contributed by atoms with Gasteiger partial charge in [-0.3, -0.25) is 0 Å². The van der Waals surface area contributed by atoms with E-state index in [-0.39, 0.29) is 6.54 Å². The summed E-state index contributed by atoms with van der Waals surface area (Å²) in [7, 11) is 1.59. The third-order valence-electron chi connectivity index (χ3n) is 2.12. The zero-order chi connectivity index (χ0) is 13.7. The Hall–Kier alpha value is -1.12. The standard InChI is InChI=1S/C10H13BrN2O4S/c1-13(4-6-2-8(11)18-5-6)10(17)12-3-7(14)9(15)16/h2,5,7,14H,3-4H2,1H3,(H,12,17)(H,15,16). The molecule has 8 heteroatoms. The second-order valence-electron chi connectivity index (χ2n) is 3.66. The van der Waals surface area contributed by atoms with Gasteiger partial charge in [0.25, 0.3) is 0 Å². The van der Waals surface area contributed by atoms with Crippen LogP contribution in [0.4, 0.5) is 4.79 Å². The van der Waals surface area contributed by atoms with Crippen LogP contribution in [0.5, 0.6) is 0 Å². The zero-order valence-electron chi connectivity index (χ0n) is 9.59. The molecular weight excluding hydrogens is 324 g/mol. The van der Waals surface area contributed by atoms with Gasteiger partial charge in [-0.1, -0.05) is 0 Å². The molecule has 1 rings (SSSR count). The summed E-state index contributed by atoms with van der Waals surface area (Å²) in [5.41, 5.74) is 0.975. The second-order valence-corrected chi connectivity index (χ2v) is 5.95. The van der Waals surface area contributed by atoms with Crippen molar-refractivity contribution in [3.63, 3.8) is 0 Å². The van der Waals surface area contributed by atoms with E-state index < -0.39 is 18.1 Å². The van der Waals surface area contributed by atoms with E-state index in [1.807, 2.05) is 11.4 Å². The minimum absolute atomic E-state index is 0.314. The number of aliphatic carboxylic acids is 1. The molecule has 0 bridgehead atoms. The van der Waals surface area contributed by atoms with Crippen LogP contribution in [0, 0.1) is 0 Å². The van der Waals surface area contributed by atoms with Crippen LogP contribution in [-0.2, 0) is 11.3 Å². The fraction of sp³-hybridized carbons (Fsp3) is 0.400. The highest BCUT2D eigenvalue weighted by molar-refractivity contribution is 9.11. The predicted octanol–water partition coefficient (Wildman–Crippen LogP) is 1.10. The van der Waals surface area contributed by atoms with E-state index in [1.165, 1.54) is 16.2 Å². The van der Waals surface area contributed by atoms with Crippen molar-refractivity contribution in [1.82, 2.24) is 10.2 Å². The Bertz CT molecular complexity index is 437. The maximum Gasteiger partial charge on any atom is 0.334 e. The van der Waals surface area contributed by atoms with Crippen LogP contribution >= 0.6 is 27.3 Å². The van der Waals surface area contributed by atoms with Crippen molar-refractivity contribution in [2.75, 3.05) is 13.6 Å². The normalized spacial score (nSPS) is 11.9. The van der Waals surface area contributed by atoms with Gasteiger partial charge in [0.1, 0.15) is 0 Å². The van der Waals surface area contributed by atoms with E-state index in [9.17, 15) is 9.59 Å². The monoisotopic (exact) mass is 336 g/mol. The first-order chi connectivity index (χ1) is 8.40. The Morgan fingerprint density at radius 2 is 2.28 bits per heavy atom. The lowest BCUT2D eigenvalue weighted by Crippen LogP contribution is -2.42. The summed E-state index contributed by atoms with van der Waals surface area (Å²) in [5.74, 6) is -1.36. The molecule has 0 saturated heterocycles. The summed E-state index contributed by atoms with van der Waals surface area (Å²) in [5, 5.41) is 21.7. The molecule has 0 spiro atoms. The molecule has 0 saturated carbocycles. The van der Waals surface area contributed by atoms with Gasteiger partial charge >= 0.3 is 12.0 Å². The number of halogens is 1. The number of carboxylic acids is 1. The lowest BCUT2D eigenvalue weighted by Gasteiger charge is -2.17. The molecule has 0 aliphatic carbocycles. The minimum atomic E-state index is -1.59. The number of urea groups is 1. The molecule has 0 aliphatic heterocycles. The largest absolute Gasteiger partial charge is 0.479 e. The lowest BCUT2D eigenvalue weighted by atomic mass is 10.3. The van der Waals surface area contributed by atoms with Crippen molar-refractivity contribution >= 4 is 39.3 Å². The number of nitrogens with zero attached hydrogens (tertiary/aromatic N) is 1. The van der Waals surface area contributed by atoms with Gasteiger partial charge < -0.3 is 20.4 Å². The highest BCUT2D eigenvalue weighted by Gasteiger charge is 2.16. The highest BCUT2D eigenvalue weighted by Crippen LogP contribution is 2.21. The second kappa shape index (κ2) is 6.72. The van der Waals surface area contributed by atoms with Gasteiger partial charge in [0, 0.05) is 13.6 Å². The molecule has 100 valence electrons. The van der Waals surface area contributed by atoms with Crippen LogP contribution in [0.3, 0.4) is 0 Å². The Kier molecular flexibility index (Phi) is 5.57. The summed E-state index contributed by atoms with van der Waals surface area (Å²) < 4.78 is 0.979. The van der Waals surface area contributed by atoms with Crippen LogP contribution in [0.2, 0.25) is 0 Å². The average molecular weight is 337 g/mol. The van der Waals surface area contributed by atoms with E-state index in [0.29, 0.717) is 6.54 Å². The Balaban J connectivity index is 2.39. The van der Waals surface area contributed by atoms with Gasteiger partial charge in [-0.05, 0) is 32.9 Å². The fourth-order valence-corrected chi connectivity index (χ4v) is 2.38. The first kappa shape index (κ1) is 14.9. The Labute approximate surface area is 116 Å². The lowest BCUT2D eigenvalue weighted by molar-refractivity contribution is -0.146. The molecule has 0 aromatic carbocycles. The molecule has 1 unspecified atom stereocenters. The van der Waals surface area contributed by atoms with Crippen molar-refractivity contribution in [3.8, 4) is 0 Å². The highest BCUT2D eigenvalue weighted by atomic mass is 79.9. The number of thiophene rings is 1. The van der Waals surface area contributed by atoms with Gasteiger partial charge in [-0.15, -0.1) is 11.3 Å². The molecule has 1 aromatic rings. The molecule has 0 aliphatic rings. The molecule has 1 atom stereocenters. The van der Waals surface area contributed by atoms with Crippen molar-refractivity contribution in [2.45, 2.75) is 12.6 Å². The molecule has 18 heavy (non-hydrogen) atoms. The molecule has 6 nitrogen and oxygen atoms in total. The van der Waals surface area contributed by atoms with Crippen molar-refractivity contribution in [3.05, 3.63) is 20.8 Å². The third kappa shape index (κ3) is 4.63. The number of nitrogens with one attached hydrogen (secondary N) is 1. The number of rotatable bonds is 5. The zero-order valence-corrected chi connectivity index (χ0v) is 12.0. The van der Waals surface area contributed by atoms with E-state index >= 15 is 0 Å². The maximum absolute atomic E-state index is 11.6. The molecule has 3 N–H and O–H groups in total. The van der Waals surface area contributed by atoms with Crippen molar-refractivity contribution in [2.24, 2.45) is 0 Å². The van der Waals surface area contributed by atoms with Gasteiger partial charge in [0.2, 0.25) is 0 Å². The molecule has 1 heterocycles. The molecule has 0 fully saturated rings. The molecule has 2 amide bonds. The molecular formula is C10H13BrN2O4S. The number of carbonyl (C=O) groups is 2. The third-order valence-corrected chi connectivity index (χ3v) is 3.67. The number of carboxylic acid groups (broad SMARTS) is 1. The van der Waals surface area contributed by atoms with Crippen LogP contribution < -0.4 is 5.32 Å². The van der Waals surface area contributed by atoms with Gasteiger partial charge in [0.05, 0.1) is 10.3 Å². The SMILES string of the molecule is CN(Cc1csc(Br)c1)C(=O)NCC(O)C(=O)O. The average Bonchev–Trinajstić information content (AvgIpc) is 2.70. The van der Waals surface area contributed by atoms with Crippen molar-refractivity contribution in [1.29, 1.82) is 0 Å². The molecule has 1 aromatic heterocycles.